The highest BCUT2D eigenvalue weighted by Crippen LogP contribution is 2.27. The molecular weight excluding hydrogens is 222 g/mol. The standard InChI is InChI=1S/C12H20ClN3/c1-5-9(4)6-14-12-10(8(2)3)11(13)15-7-16-12/h7-9H,5-6H2,1-4H3,(H,14,15,16). The van der Waals surface area contributed by atoms with Crippen LogP contribution in [0.1, 0.15) is 45.6 Å². The zero-order chi connectivity index (χ0) is 12.1. The Morgan fingerprint density at radius 2 is 2.00 bits per heavy atom. The Balaban J connectivity index is 2.83. The zero-order valence-corrected chi connectivity index (χ0v) is 11.2. The number of anilines is 1. The number of hydrogen-bond donors (Lipinski definition) is 1. The molecular formula is C12H20ClN3. The molecule has 16 heavy (non-hydrogen) atoms. The summed E-state index contributed by atoms with van der Waals surface area (Å²) >= 11 is 6.08. The Hall–Kier alpha value is -0.830. The topological polar surface area (TPSA) is 37.8 Å². The first-order valence-electron chi connectivity index (χ1n) is 5.80. The molecule has 1 N–H and O–H groups in total. The fourth-order valence-electron chi connectivity index (χ4n) is 1.44. The summed E-state index contributed by atoms with van der Waals surface area (Å²) in [5.74, 6) is 1.83. The molecule has 0 aliphatic rings. The number of aromatic nitrogens is 2. The second-order valence-corrected chi connectivity index (χ2v) is 4.83. The van der Waals surface area contributed by atoms with E-state index in [2.05, 4.69) is 43.0 Å². The van der Waals surface area contributed by atoms with E-state index in [-0.39, 0.29) is 0 Å². The number of halogens is 1. The molecule has 1 heterocycles. The van der Waals surface area contributed by atoms with E-state index in [0.29, 0.717) is 17.0 Å². The van der Waals surface area contributed by atoms with Gasteiger partial charge in [0.15, 0.2) is 0 Å². The molecule has 0 aliphatic carbocycles. The summed E-state index contributed by atoms with van der Waals surface area (Å²) in [6.45, 7) is 9.51. The molecule has 0 bridgehead atoms. The van der Waals surface area contributed by atoms with Gasteiger partial charge in [-0.05, 0) is 11.8 Å². The maximum absolute atomic E-state index is 6.08. The van der Waals surface area contributed by atoms with Crippen molar-refractivity contribution in [3.63, 3.8) is 0 Å². The van der Waals surface area contributed by atoms with Crippen molar-refractivity contribution in [3.8, 4) is 0 Å². The molecule has 1 atom stereocenters. The Morgan fingerprint density at radius 3 is 2.56 bits per heavy atom. The highest BCUT2D eigenvalue weighted by molar-refractivity contribution is 6.30. The van der Waals surface area contributed by atoms with Gasteiger partial charge >= 0.3 is 0 Å². The Labute approximate surface area is 103 Å². The third kappa shape index (κ3) is 3.34. The van der Waals surface area contributed by atoms with Crippen LogP contribution in [-0.2, 0) is 0 Å². The second-order valence-electron chi connectivity index (χ2n) is 4.48. The number of hydrogen-bond acceptors (Lipinski definition) is 3. The normalized spacial score (nSPS) is 12.9. The lowest BCUT2D eigenvalue weighted by Gasteiger charge is -2.16. The van der Waals surface area contributed by atoms with Crippen molar-refractivity contribution in [1.29, 1.82) is 0 Å². The van der Waals surface area contributed by atoms with Gasteiger partial charge in [-0.2, -0.15) is 0 Å². The van der Waals surface area contributed by atoms with Crippen molar-refractivity contribution >= 4 is 17.4 Å². The van der Waals surface area contributed by atoms with Crippen LogP contribution in [0.3, 0.4) is 0 Å². The van der Waals surface area contributed by atoms with Crippen LogP contribution in [-0.4, -0.2) is 16.5 Å². The molecule has 1 aromatic rings. The third-order valence-corrected chi connectivity index (χ3v) is 3.03. The molecule has 0 radical (unpaired) electrons. The highest BCUT2D eigenvalue weighted by atomic mass is 35.5. The lowest BCUT2D eigenvalue weighted by Crippen LogP contribution is -2.13. The van der Waals surface area contributed by atoms with Crippen LogP contribution in [0, 0.1) is 5.92 Å². The molecule has 1 unspecified atom stereocenters. The Kier molecular flexibility index (Phi) is 5.00. The van der Waals surface area contributed by atoms with E-state index in [1.165, 1.54) is 6.33 Å². The van der Waals surface area contributed by atoms with Gasteiger partial charge in [0.25, 0.3) is 0 Å². The van der Waals surface area contributed by atoms with Crippen molar-refractivity contribution in [3.05, 3.63) is 17.0 Å². The first-order chi connectivity index (χ1) is 7.56. The molecule has 1 rings (SSSR count). The molecule has 0 amide bonds. The van der Waals surface area contributed by atoms with Crippen LogP contribution in [0.4, 0.5) is 5.82 Å². The molecule has 0 spiro atoms. The molecule has 0 aliphatic heterocycles. The quantitative estimate of drug-likeness (QED) is 0.799. The molecule has 4 heteroatoms. The van der Waals surface area contributed by atoms with Gasteiger partial charge in [0, 0.05) is 12.1 Å². The van der Waals surface area contributed by atoms with E-state index < -0.39 is 0 Å². The summed E-state index contributed by atoms with van der Waals surface area (Å²) in [5, 5.41) is 3.90. The summed E-state index contributed by atoms with van der Waals surface area (Å²) in [5.41, 5.74) is 1.01. The first kappa shape index (κ1) is 13.2. The van der Waals surface area contributed by atoms with Crippen molar-refractivity contribution < 1.29 is 0 Å². The van der Waals surface area contributed by atoms with Crippen LogP contribution in [0.5, 0.6) is 0 Å². The lowest BCUT2D eigenvalue weighted by atomic mass is 10.1. The van der Waals surface area contributed by atoms with Crippen LogP contribution in [0.2, 0.25) is 5.15 Å². The van der Waals surface area contributed by atoms with Crippen molar-refractivity contribution in [2.24, 2.45) is 5.92 Å². The summed E-state index contributed by atoms with van der Waals surface area (Å²) in [6.07, 6.45) is 2.66. The van der Waals surface area contributed by atoms with E-state index in [1.807, 2.05) is 0 Å². The van der Waals surface area contributed by atoms with Gasteiger partial charge in [-0.15, -0.1) is 0 Å². The molecule has 3 nitrogen and oxygen atoms in total. The predicted octanol–water partition coefficient (Wildman–Crippen LogP) is 3.71. The van der Waals surface area contributed by atoms with Crippen molar-refractivity contribution in [1.82, 2.24) is 9.97 Å². The van der Waals surface area contributed by atoms with E-state index in [4.69, 9.17) is 11.6 Å². The average molecular weight is 242 g/mol. The Bertz CT molecular complexity index is 339. The number of nitrogens with zero attached hydrogens (tertiary/aromatic N) is 2. The largest absolute Gasteiger partial charge is 0.369 e. The summed E-state index contributed by atoms with van der Waals surface area (Å²) in [6, 6.07) is 0. The van der Waals surface area contributed by atoms with Gasteiger partial charge in [-0.3, -0.25) is 0 Å². The van der Waals surface area contributed by atoms with Crippen LogP contribution in [0.15, 0.2) is 6.33 Å². The van der Waals surface area contributed by atoms with Crippen molar-refractivity contribution in [2.75, 3.05) is 11.9 Å². The molecule has 90 valence electrons. The van der Waals surface area contributed by atoms with Gasteiger partial charge < -0.3 is 5.32 Å². The second kappa shape index (κ2) is 6.04. The monoisotopic (exact) mass is 241 g/mol. The minimum atomic E-state index is 0.327. The lowest BCUT2D eigenvalue weighted by molar-refractivity contribution is 0.591. The molecule has 0 saturated carbocycles. The predicted molar refractivity (Wildman–Crippen MR) is 69.1 cm³/mol. The van der Waals surface area contributed by atoms with Crippen LogP contribution >= 0.6 is 11.6 Å². The first-order valence-corrected chi connectivity index (χ1v) is 6.18. The molecule has 0 aromatic carbocycles. The molecule has 1 aromatic heterocycles. The fraction of sp³-hybridized carbons (Fsp3) is 0.667. The molecule has 0 saturated heterocycles. The smallest absolute Gasteiger partial charge is 0.138 e. The summed E-state index contributed by atoms with van der Waals surface area (Å²) < 4.78 is 0. The van der Waals surface area contributed by atoms with Gasteiger partial charge in [0.05, 0.1) is 0 Å². The van der Waals surface area contributed by atoms with E-state index >= 15 is 0 Å². The fourth-order valence-corrected chi connectivity index (χ4v) is 1.79. The summed E-state index contributed by atoms with van der Waals surface area (Å²) in [7, 11) is 0. The summed E-state index contributed by atoms with van der Waals surface area (Å²) in [4.78, 5) is 8.28. The average Bonchev–Trinajstić information content (AvgIpc) is 2.25. The Morgan fingerprint density at radius 1 is 1.31 bits per heavy atom. The van der Waals surface area contributed by atoms with E-state index in [1.54, 1.807) is 0 Å². The van der Waals surface area contributed by atoms with Gasteiger partial charge in [-0.25, -0.2) is 9.97 Å². The number of nitrogens with one attached hydrogen (secondary N) is 1. The van der Waals surface area contributed by atoms with Gasteiger partial charge in [-0.1, -0.05) is 45.7 Å². The van der Waals surface area contributed by atoms with Gasteiger partial charge in [0.2, 0.25) is 0 Å². The maximum Gasteiger partial charge on any atom is 0.138 e. The highest BCUT2D eigenvalue weighted by Gasteiger charge is 2.13. The minimum Gasteiger partial charge on any atom is -0.369 e. The van der Waals surface area contributed by atoms with Gasteiger partial charge in [0.1, 0.15) is 17.3 Å². The third-order valence-electron chi connectivity index (χ3n) is 2.73. The SMILES string of the molecule is CCC(C)CNc1ncnc(Cl)c1C(C)C. The van der Waals surface area contributed by atoms with E-state index in [9.17, 15) is 0 Å². The van der Waals surface area contributed by atoms with Crippen LogP contribution < -0.4 is 5.32 Å². The molecule has 0 fully saturated rings. The van der Waals surface area contributed by atoms with Crippen molar-refractivity contribution in [2.45, 2.75) is 40.0 Å². The maximum atomic E-state index is 6.08. The minimum absolute atomic E-state index is 0.327. The number of rotatable bonds is 5. The van der Waals surface area contributed by atoms with Crippen LogP contribution in [0.25, 0.3) is 0 Å². The van der Waals surface area contributed by atoms with E-state index in [0.717, 1.165) is 24.3 Å². The zero-order valence-electron chi connectivity index (χ0n) is 10.4.